The first-order valence-electron chi connectivity index (χ1n) is 6.10. The van der Waals surface area contributed by atoms with E-state index in [0.717, 1.165) is 18.4 Å². The van der Waals surface area contributed by atoms with Gasteiger partial charge in [-0.2, -0.15) is 0 Å². The van der Waals surface area contributed by atoms with Crippen molar-refractivity contribution in [3.63, 3.8) is 0 Å². The minimum atomic E-state index is 0.152. The van der Waals surface area contributed by atoms with Crippen molar-refractivity contribution in [2.45, 2.75) is 52.9 Å². The van der Waals surface area contributed by atoms with Gasteiger partial charge in [0.1, 0.15) is 0 Å². The van der Waals surface area contributed by atoms with Crippen LogP contribution in [0, 0.1) is 16.7 Å². The lowest BCUT2D eigenvalue weighted by atomic mass is 9.58. The smallest absolute Gasteiger partial charge is 0.159 e. The van der Waals surface area contributed by atoms with Crippen molar-refractivity contribution in [2.24, 2.45) is 16.7 Å². The van der Waals surface area contributed by atoms with Gasteiger partial charge in [-0.3, -0.25) is 4.79 Å². The van der Waals surface area contributed by atoms with Crippen LogP contribution in [-0.4, -0.2) is 5.78 Å². The van der Waals surface area contributed by atoms with Gasteiger partial charge >= 0.3 is 0 Å². The van der Waals surface area contributed by atoms with Gasteiger partial charge in [0.25, 0.3) is 0 Å². The largest absolute Gasteiger partial charge is 0.295 e. The van der Waals surface area contributed by atoms with Crippen LogP contribution >= 0.6 is 0 Å². The van der Waals surface area contributed by atoms with Crippen molar-refractivity contribution in [1.82, 2.24) is 0 Å². The fraction of sp³-hybridized carbons (Fsp3) is 0.786. The number of carbonyl (C=O) groups is 1. The van der Waals surface area contributed by atoms with Gasteiger partial charge in [-0.15, -0.1) is 0 Å². The van der Waals surface area contributed by atoms with Crippen LogP contribution in [0.25, 0.3) is 0 Å². The number of allylic oxidation sites excluding steroid dienone is 1. The summed E-state index contributed by atoms with van der Waals surface area (Å²) in [6, 6.07) is 0. The van der Waals surface area contributed by atoms with Crippen molar-refractivity contribution in [2.75, 3.05) is 0 Å². The van der Waals surface area contributed by atoms with E-state index >= 15 is 0 Å². The molecule has 2 aliphatic carbocycles. The van der Waals surface area contributed by atoms with E-state index in [2.05, 4.69) is 27.4 Å². The van der Waals surface area contributed by atoms with Crippen LogP contribution in [-0.2, 0) is 4.79 Å². The molecule has 2 rings (SSSR count). The van der Waals surface area contributed by atoms with Crippen LogP contribution in [0.3, 0.4) is 0 Å². The molecule has 0 N–H and O–H groups in total. The molecular weight excluding hydrogens is 184 g/mol. The summed E-state index contributed by atoms with van der Waals surface area (Å²) in [7, 11) is 0. The Morgan fingerprint density at radius 2 is 2.00 bits per heavy atom. The van der Waals surface area contributed by atoms with Crippen LogP contribution in [0.15, 0.2) is 12.2 Å². The van der Waals surface area contributed by atoms with Gasteiger partial charge in [0.05, 0.1) is 0 Å². The predicted octanol–water partition coefficient (Wildman–Crippen LogP) is 3.74. The molecule has 2 fully saturated rings. The van der Waals surface area contributed by atoms with E-state index in [1.54, 1.807) is 0 Å². The third-order valence-corrected chi connectivity index (χ3v) is 4.64. The third kappa shape index (κ3) is 1.56. The second-order valence-electron chi connectivity index (χ2n) is 6.36. The molecule has 0 aromatic carbocycles. The average Bonchev–Trinajstić information content (AvgIpc) is 2.30. The van der Waals surface area contributed by atoms with Crippen molar-refractivity contribution < 1.29 is 4.79 Å². The zero-order valence-corrected chi connectivity index (χ0v) is 10.2. The first-order chi connectivity index (χ1) is 6.87. The molecule has 1 spiro atoms. The average molecular weight is 206 g/mol. The molecule has 2 atom stereocenters. The number of rotatable bonds is 0. The molecule has 0 bridgehead atoms. The maximum atomic E-state index is 11.8. The highest BCUT2D eigenvalue weighted by molar-refractivity contribution is 5.99. The fourth-order valence-electron chi connectivity index (χ4n) is 3.76. The van der Waals surface area contributed by atoms with Gasteiger partial charge in [0, 0.05) is 11.8 Å². The predicted molar refractivity (Wildman–Crippen MR) is 62.6 cm³/mol. The van der Waals surface area contributed by atoms with E-state index in [0.29, 0.717) is 17.1 Å². The van der Waals surface area contributed by atoms with Crippen LogP contribution in [0.2, 0.25) is 0 Å². The van der Waals surface area contributed by atoms with Gasteiger partial charge in [-0.05, 0) is 36.2 Å². The zero-order chi connectivity index (χ0) is 11.3. The Balaban J connectivity index is 2.33. The SMILES string of the molecule is C=C1C(=O)CC(C)C12CCCC(C)(C)C2. The molecule has 0 amide bonds. The molecule has 2 unspecified atom stereocenters. The minimum Gasteiger partial charge on any atom is -0.295 e. The standard InChI is InChI=1S/C14H22O/c1-10-8-12(15)11(2)14(10)7-5-6-13(3,4)9-14/h10H,2,5-9H2,1,3-4H3. The van der Waals surface area contributed by atoms with Crippen molar-refractivity contribution in [3.8, 4) is 0 Å². The summed E-state index contributed by atoms with van der Waals surface area (Å²) in [5.41, 5.74) is 1.47. The lowest BCUT2D eigenvalue weighted by Gasteiger charge is -2.45. The zero-order valence-electron chi connectivity index (χ0n) is 10.2. The molecule has 15 heavy (non-hydrogen) atoms. The lowest BCUT2D eigenvalue weighted by Crippen LogP contribution is -2.36. The summed E-state index contributed by atoms with van der Waals surface area (Å²) in [5, 5.41) is 0. The third-order valence-electron chi connectivity index (χ3n) is 4.64. The van der Waals surface area contributed by atoms with Crippen molar-refractivity contribution in [1.29, 1.82) is 0 Å². The molecule has 2 saturated carbocycles. The first-order valence-corrected chi connectivity index (χ1v) is 6.10. The Hall–Kier alpha value is -0.590. The Kier molecular flexibility index (Phi) is 2.33. The number of Topliss-reactive ketones (excluding diaryl/α,β-unsaturated/α-hetero) is 1. The highest BCUT2D eigenvalue weighted by atomic mass is 16.1. The minimum absolute atomic E-state index is 0.152. The van der Waals surface area contributed by atoms with E-state index in [1.807, 2.05) is 0 Å². The normalized spacial score (nSPS) is 40.1. The highest BCUT2D eigenvalue weighted by Gasteiger charge is 2.51. The van der Waals surface area contributed by atoms with Gasteiger partial charge in [-0.1, -0.05) is 33.8 Å². The Morgan fingerprint density at radius 3 is 2.47 bits per heavy atom. The summed E-state index contributed by atoms with van der Waals surface area (Å²) in [6.45, 7) is 11.0. The highest BCUT2D eigenvalue weighted by Crippen LogP contribution is 2.58. The Labute approximate surface area is 92.9 Å². The summed E-state index contributed by atoms with van der Waals surface area (Å²) in [4.78, 5) is 11.8. The molecule has 84 valence electrons. The van der Waals surface area contributed by atoms with Gasteiger partial charge in [-0.25, -0.2) is 0 Å². The monoisotopic (exact) mass is 206 g/mol. The molecule has 0 radical (unpaired) electrons. The summed E-state index contributed by atoms with van der Waals surface area (Å²) in [6.07, 6.45) is 5.62. The summed E-state index contributed by atoms with van der Waals surface area (Å²) in [5.74, 6) is 0.831. The van der Waals surface area contributed by atoms with E-state index in [1.165, 1.54) is 19.3 Å². The maximum absolute atomic E-state index is 11.8. The van der Waals surface area contributed by atoms with Crippen molar-refractivity contribution >= 4 is 5.78 Å². The molecule has 0 heterocycles. The summed E-state index contributed by atoms with van der Waals surface area (Å²) < 4.78 is 0. The number of hydrogen-bond donors (Lipinski definition) is 0. The number of ketones is 1. The fourth-order valence-corrected chi connectivity index (χ4v) is 3.76. The van der Waals surface area contributed by atoms with E-state index in [9.17, 15) is 4.79 Å². The molecule has 1 nitrogen and oxygen atoms in total. The molecule has 0 aromatic rings. The number of carbonyl (C=O) groups excluding carboxylic acids is 1. The second kappa shape index (κ2) is 3.20. The topological polar surface area (TPSA) is 17.1 Å². The molecule has 2 aliphatic rings. The number of hydrogen-bond acceptors (Lipinski definition) is 1. The molecular formula is C14H22O. The first kappa shape index (κ1) is 10.9. The van der Waals surface area contributed by atoms with Crippen LogP contribution in [0.1, 0.15) is 52.9 Å². The van der Waals surface area contributed by atoms with Gasteiger partial charge in [0.15, 0.2) is 5.78 Å². The van der Waals surface area contributed by atoms with E-state index in [4.69, 9.17) is 0 Å². The van der Waals surface area contributed by atoms with Crippen LogP contribution in [0.5, 0.6) is 0 Å². The second-order valence-corrected chi connectivity index (χ2v) is 6.36. The lowest BCUT2D eigenvalue weighted by molar-refractivity contribution is -0.114. The Morgan fingerprint density at radius 1 is 1.33 bits per heavy atom. The molecule has 1 heteroatoms. The summed E-state index contributed by atoms with van der Waals surface area (Å²) >= 11 is 0. The van der Waals surface area contributed by atoms with E-state index in [-0.39, 0.29) is 5.41 Å². The van der Waals surface area contributed by atoms with Gasteiger partial charge < -0.3 is 0 Å². The quantitative estimate of drug-likeness (QED) is 0.552. The molecule has 0 aromatic heterocycles. The van der Waals surface area contributed by atoms with Crippen LogP contribution < -0.4 is 0 Å². The van der Waals surface area contributed by atoms with Crippen molar-refractivity contribution in [3.05, 3.63) is 12.2 Å². The molecule has 0 saturated heterocycles. The van der Waals surface area contributed by atoms with Crippen LogP contribution in [0.4, 0.5) is 0 Å². The Bertz CT molecular complexity index is 313. The van der Waals surface area contributed by atoms with Gasteiger partial charge in [0.2, 0.25) is 0 Å². The maximum Gasteiger partial charge on any atom is 0.159 e. The molecule has 0 aliphatic heterocycles. The van der Waals surface area contributed by atoms with E-state index < -0.39 is 0 Å².